The van der Waals surface area contributed by atoms with Crippen LogP contribution >= 0.6 is 0 Å². The Bertz CT molecular complexity index is 1380. The van der Waals surface area contributed by atoms with Gasteiger partial charge < -0.3 is 15.5 Å². The summed E-state index contributed by atoms with van der Waals surface area (Å²) in [6.07, 6.45) is -4.27. The van der Waals surface area contributed by atoms with E-state index in [4.69, 9.17) is 0 Å². The van der Waals surface area contributed by atoms with Crippen molar-refractivity contribution in [2.75, 3.05) is 11.9 Å². The molecule has 11 heteroatoms. The molecule has 0 saturated carbocycles. The van der Waals surface area contributed by atoms with E-state index in [2.05, 4.69) is 15.7 Å². The van der Waals surface area contributed by atoms with Crippen molar-refractivity contribution in [1.82, 2.24) is 20.0 Å². The third kappa shape index (κ3) is 4.21. The second-order valence-electron chi connectivity index (χ2n) is 9.00. The molecule has 2 aliphatic rings. The lowest BCUT2D eigenvalue weighted by molar-refractivity contribution is -0.137. The topological polar surface area (TPSA) is 96.3 Å². The largest absolute Gasteiger partial charge is 0.416 e. The molecule has 3 aromatic rings. The van der Waals surface area contributed by atoms with E-state index in [9.17, 15) is 27.6 Å². The summed E-state index contributed by atoms with van der Waals surface area (Å²) in [5.74, 6) is -1.23. The Morgan fingerprint density at radius 1 is 1.11 bits per heavy atom. The number of carbonyl (C=O) groups is 3. The number of benzene rings is 2. The van der Waals surface area contributed by atoms with Crippen LogP contribution in [0.2, 0.25) is 0 Å². The standard InChI is InChI=1S/C25H22F3N5O3/c1-13-8-20(31-32(13)2)22(34)29-17-11-21-23(35)30-19-7-6-15(10-18(19)24(36)33(21)12-17)14-4-3-5-16(9-14)25(26,27)28/h3-10,17,21H,11-12H2,1-2H3,(H,29,34)(H,30,35). The SMILES string of the molecule is Cc1cc(C(=O)NC2CC3C(=O)Nc4ccc(-c5cccc(C(F)(F)F)c5)cc4C(=O)N3C2)nn1C. The number of anilines is 1. The van der Waals surface area contributed by atoms with E-state index in [1.54, 1.807) is 23.9 Å². The number of amides is 3. The number of hydrogen-bond acceptors (Lipinski definition) is 4. The maximum absolute atomic E-state index is 13.4. The van der Waals surface area contributed by atoms with Crippen LogP contribution < -0.4 is 10.6 Å². The van der Waals surface area contributed by atoms with E-state index in [0.29, 0.717) is 16.8 Å². The number of hydrogen-bond donors (Lipinski definition) is 2. The molecule has 0 aliphatic carbocycles. The summed E-state index contributed by atoms with van der Waals surface area (Å²) in [5.41, 5.74) is 1.43. The molecule has 2 unspecified atom stereocenters. The molecule has 5 rings (SSSR count). The molecule has 186 valence electrons. The van der Waals surface area contributed by atoms with Gasteiger partial charge in [-0.2, -0.15) is 18.3 Å². The molecule has 8 nitrogen and oxygen atoms in total. The van der Waals surface area contributed by atoms with Crippen molar-refractivity contribution in [3.63, 3.8) is 0 Å². The van der Waals surface area contributed by atoms with Crippen LogP contribution in [0.25, 0.3) is 11.1 Å². The molecule has 1 saturated heterocycles. The first-order valence-electron chi connectivity index (χ1n) is 11.3. The van der Waals surface area contributed by atoms with Gasteiger partial charge in [-0.1, -0.05) is 18.2 Å². The van der Waals surface area contributed by atoms with E-state index in [1.807, 2.05) is 6.92 Å². The molecular formula is C25H22F3N5O3. The van der Waals surface area contributed by atoms with Gasteiger partial charge in [-0.3, -0.25) is 19.1 Å². The van der Waals surface area contributed by atoms with Crippen LogP contribution in [-0.4, -0.2) is 51.0 Å². The Hall–Kier alpha value is -4.15. The lowest BCUT2D eigenvalue weighted by Crippen LogP contribution is -2.41. The molecule has 3 heterocycles. The van der Waals surface area contributed by atoms with Crippen molar-refractivity contribution >= 4 is 23.4 Å². The first-order chi connectivity index (χ1) is 17.0. The molecule has 0 radical (unpaired) electrons. The highest BCUT2D eigenvalue weighted by molar-refractivity contribution is 6.11. The highest BCUT2D eigenvalue weighted by atomic mass is 19.4. The average Bonchev–Trinajstić information content (AvgIpc) is 3.39. The number of fused-ring (bicyclic) bond motifs is 2. The van der Waals surface area contributed by atoms with E-state index in [1.165, 1.54) is 29.2 Å². The number of halogens is 3. The van der Waals surface area contributed by atoms with Crippen molar-refractivity contribution in [1.29, 1.82) is 0 Å². The highest BCUT2D eigenvalue weighted by Crippen LogP contribution is 2.35. The Balaban J connectivity index is 1.40. The zero-order valence-corrected chi connectivity index (χ0v) is 19.4. The number of carbonyl (C=O) groups excluding carboxylic acids is 3. The van der Waals surface area contributed by atoms with Gasteiger partial charge in [-0.15, -0.1) is 0 Å². The molecule has 2 N–H and O–H groups in total. The van der Waals surface area contributed by atoms with Crippen molar-refractivity contribution in [3.8, 4) is 11.1 Å². The van der Waals surface area contributed by atoms with Gasteiger partial charge in [0.05, 0.1) is 16.8 Å². The molecule has 0 bridgehead atoms. The lowest BCUT2D eigenvalue weighted by atomic mass is 9.99. The normalized spacial score (nSPS) is 19.4. The van der Waals surface area contributed by atoms with Gasteiger partial charge in [0.1, 0.15) is 11.7 Å². The molecule has 2 aliphatic heterocycles. The number of aromatic nitrogens is 2. The average molecular weight is 497 g/mol. The van der Waals surface area contributed by atoms with Gasteiger partial charge in [0.15, 0.2) is 0 Å². The predicted molar refractivity (Wildman–Crippen MR) is 124 cm³/mol. The van der Waals surface area contributed by atoms with Crippen molar-refractivity contribution in [2.24, 2.45) is 7.05 Å². The summed E-state index contributed by atoms with van der Waals surface area (Å²) < 4.78 is 41.1. The van der Waals surface area contributed by atoms with Crippen LogP contribution in [0.15, 0.2) is 48.5 Å². The number of alkyl halides is 3. The molecule has 2 atom stereocenters. The molecule has 1 aromatic heterocycles. The van der Waals surface area contributed by atoms with Crippen LogP contribution in [0.5, 0.6) is 0 Å². The maximum atomic E-state index is 13.4. The zero-order chi connectivity index (χ0) is 25.8. The zero-order valence-electron chi connectivity index (χ0n) is 19.4. The van der Waals surface area contributed by atoms with E-state index < -0.39 is 35.6 Å². The van der Waals surface area contributed by atoms with Gasteiger partial charge in [0.25, 0.3) is 11.8 Å². The Morgan fingerprint density at radius 2 is 1.86 bits per heavy atom. The van der Waals surface area contributed by atoms with Crippen LogP contribution in [-0.2, 0) is 18.0 Å². The molecule has 36 heavy (non-hydrogen) atoms. The van der Waals surface area contributed by atoms with Crippen LogP contribution in [0.1, 0.15) is 38.5 Å². The fraction of sp³-hybridized carbons (Fsp3) is 0.280. The number of aryl methyl sites for hydroxylation is 2. The highest BCUT2D eigenvalue weighted by Gasteiger charge is 2.43. The maximum Gasteiger partial charge on any atom is 0.416 e. The first kappa shape index (κ1) is 23.6. The van der Waals surface area contributed by atoms with Gasteiger partial charge >= 0.3 is 6.18 Å². The van der Waals surface area contributed by atoms with E-state index in [-0.39, 0.29) is 30.1 Å². The van der Waals surface area contributed by atoms with Crippen LogP contribution in [0, 0.1) is 6.92 Å². The summed E-state index contributed by atoms with van der Waals surface area (Å²) in [7, 11) is 1.72. The number of rotatable bonds is 3. The Morgan fingerprint density at radius 3 is 2.56 bits per heavy atom. The lowest BCUT2D eigenvalue weighted by Gasteiger charge is -2.20. The number of nitrogens with one attached hydrogen (secondary N) is 2. The van der Waals surface area contributed by atoms with E-state index >= 15 is 0 Å². The van der Waals surface area contributed by atoms with Crippen molar-refractivity contribution in [2.45, 2.75) is 31.6 Å². The minimum Gasteiger partial charge on any atom is -0.346 e. The molecule has 3 amide bonds. The van der Waals surface area contributed by atoms with Crippen LogP contribution in [0.3, 0.4) is 0 Å². The van der Waals surface area contributed by atoms with Gasteiger partial charge in [0, 0.05) is 25.3 Å². The summed E-state index contributed by atoms with van der Waals surface area (Å²) >= 11 is 0. The fourth-order valence-corrected chi connectivity index (χ4v) is 4.60. The second-order valence-corrected chi connectivity index (χ2v) is 9.00. The molecule has 0 spiro atoms. The molecule has 1 fully saturated rings. The van der Waals surface area contributed by atoms with Gasteiger partial charge in [-0.25, -0.2) is 0 Å². The number of nitrogens with zero attached hydrogens (tertiary/aromatic N) is 3. The molecular weight excluding hydrogens is 475 g/mol. The quantitative estimate of drug-likeness (QED) is 0.580. The second kappa shape index (κ2) is 8.51. The van der Waals surface area contributed by atoms with Crippen LogP contribution in [0.4, 0.5) is 18.9 Å². The minimum atomic E-state index is -4.50. The summed E-state index contributed by atoms with van der Waals surface area (Å²) in [6, 6.07) is 9.79. The van der Waals surface area contributed by atoms with E-state index in [0.717, 1.165) is 17.8 Å². The van der Waals surface area contributed by atoms with Gasteiger partial charge in [-0.05, 0) is 54.8 Å². The Labute approximate surface area is 204 Å². The summed E-state index contributed by atoms with van der Waals surface area (Å²) in [4.78, 5) is 40.4. The monoisotopic (exact) mass is 497 g/mol. The minimum absolute atomic E-state index is 0.113. The molecule has 2 aromatic carbocycles. The Kier molecular flexibility index (Phi) is 5.57. The summed E-state index contributed by atoms with van der Waals surface area (Å²) in [5, 5.41) is 9.74. The third-order valence-corrected chi connectivity index (χ3v) is 6.58. The third-order valence-electron chi connectivity index (χ3n) is 6.58. The smallest absolute Gasteiger partial charge is 0.346 e. The fourth-order valence-electron chi connectivity index (χ4n) is 4.60. The predicted octanol–water partition coefficient (Wildman–Crippen LogP) is 3.38. The van der Waals surface area contributed by atoms with Gasteiger partial charge in [0.2, 0.25) is 5.91 Å². The van der Waals surface area contributed by atoms with Crippen molar-refractivity contribution in [3.05, 3.63) is 71.0 Å². The van der Waals surface area contributed by atoms with Crippen molar-refractivity contribution < 1.29 is 27.6 Å². The first-order valence-corrected chi connectivity index (χ1v) is 11.3. The summed E-state index contributed by atoms with van der Waals surface area (Å²) in [6.45, 7) is 1.93.